The highest BCUT2D eigenvalue weighted by atomic mass is 35.5. The number of nitrogens with one attached hydrogen (secondary N) is 1. The van der Waals surface area contributed by atoms with Crippen molar-refractivity contribution in [3.05, 3.63) is 88.0 Å². The fraction of sp³-hybridized carbons (Fsp3) is 0.200. The summed E-state index contributed by atoms with van der Waals surface area (Å²) in [5, 5.41) is 3.58. The maximum absolute atomic E-state index is 12.7. The van der Waals surface area contributed by atoms with Gasteiger partial charge in [-0.05, 0) is 57.2 Å². The molecule has 0 bridgehead atoms. The smallest absolute Gasteiger partial charge is 0.240 e. The monoisotopic (exact) mass is 464 g/mol. The third-order valence-corrected chi connectivity index (χ3v) is 6.39. The van der Waals surface area contributed by atoms with Gasteiger partial charge in [0.1, 0.15) is 0 Å². The number of hydrogen-bond acceptors (Lipinski definition) is 4. The second-order valence-electron chi connectivity index (χ2n) is 7.75. The maximum atomic E-state index is 12.7. The van der Waals surface area contributed by atoms with Crippen molar-refractivity contribution in [2.24, 2.45) is 0 Å². The zero-order valence-electron chi connectivity index (χ0n) is 18.3. The van der Waals surface area contributed by atoms with E-state index in [4.69, 9.17) is 16.6 Å². The van der Waals surface area contributed by atoms with Crippen molar-refractivity contribution in [2.45, 2.75) is 27.2 Å². The lowest BCUT2D eigenvalue weighted by molar-refractivity contribution is -0.116. The summed E-state index contributed by atoms with van der Waals surface area (Å²) in [6.07, 6.45) is 0.334. The Hall–Kier alpha value is -3.09. The first-order valence-corrected chi connectivity index (χ1v) is 11.7. The van der Waals surface area contributed by atoms with E-state index in [-0.39, 0.29) is 5.91 Å². The summed E-state index contributed by atoms with van der Waals surface area (Å²) < 4.78 is 1.82. The normalized spacial score (nSPS) is 10.9. The highest BCUT2D eigenvalue weighted by Crippen LogP contribution is 2.33. The summed E-state index contributed by atoms with van der Waals surface area (Å²) in [5.41, 5.74) is 9.08. The van der Waals surface area contributed by atoms with Crippen LogP contribution in [0, 0.1) is 20.8 Å². The summed E-state index contributed by atoms with van der Waals surface area (Å²) in [5.74, 6) is -0.0426. The number of hydrogen-bond donors (Lipinski definition) is 1. The van der Waals surface area contributed by atoms with Gasteiger partial charge in [-0.3, -0.25) is 14.9 Å². The van der Waals surface area contributed by atoms with E-state index in [0.717, 1.165) is 33.5 Å². The Morgan fingerprint density at radius 1 is 1.00 bits per heavy atom. The van der Waals surface area contributed by atoms with Gasteiger partial charge in [0.25, 0.3) is 0 Å². The van der Waals surface area contributed by atoms with Crippen molar-refractivity contribution < 1.29 is 4.79 Å². The summed E-state index contributed by atoms with van der Waals surface area (Å²) >= 11 is 7.59. The minimum atomic E-state index is -0.0426. The number of aromatic nitrogens is 2. The van der Waals surface area contributed by atoms with E-state index < -0.39 is 0 Å². The van der Waals surface area contributed by atoms with E-state index >= 15 is 0 Å². The minimum Gasteiger partial charge on any atom is -0.317 e. The highest BCUT2D eigenvalue weighted by molar-refractivity contribution is 7.14. The van der Waals surface area contributed by atoms with Crippen molar-refractivity contribution in [1.82, 2.24) is 9.66 Å². The predicted molar refractivity (Wildman–Crippen MR) is 134 cm³/mol. The zero-order chi connectivity index (χ0) is 22.7. The van der Waals surface area contributed by atoms with Crippen LogP contribution in [0.2, 0.25) is 5.02 Å². The van der Waals surface area contributed by atoms with E-state index in [2.05, 4.69) is 41.5 Å². The van der Waals surface area contributed by atoms with Crippen LogP contribution in [0.4, 0.5) is 10.8 Å². The third kappa shape index (κ3) is 5.03. The van der Waals surface area contributed by atoms with E-state index in [1.165, 1.54) is 5.56 Å². The number of nitrogens with zero attached hydrogens (tertiary/aromatic N) is 3. The van der Waals surface area contributed by atoms with Crippen LogP contribution >= 0.6 is 22.9 Å². The lowest BCUT2D eigenvalue weighted by Gasteiger charge is -2.22. The molecule has 0 radical (unpaired) electrons. The molecule has 0 saturated heterocycles. The van der Waals surface area contributed by atoms with Gasteiger partial charge in [-0.1, -0.05) is 41.4 Å². The molecule has 1 amide bonds. The number of rotatable bonds is 7. The molecule has 4 rings (SSSR count). The third-order valence-electron chi connectivity index (χ3n) is 5.28. The molecule has 0 unspecified atom stereocenters. The molecule has 0 aliphatic rings. The Bertz CT molecular complexity index is 1190. The van der Waals surface area contributed by atoms with Gasteiger partial charge in [0.05, 0.1) is 5.69 Å². The molecule has 1 N–H and O–H groups in total. The molecule has 5 nitrogen and oxygen atoms in total. The Labute approximate surface area is 197 Å². The number of aryl methyl sites for hydroxylation is 3. The van der Waals surface area contributed by atoms with Gasteiger partial charge in [0, 0.05) is 46.0 Å². The number of benzene rings is 2. The molecule has 0 spiro atoms. The van der Waals surface area contributed by atoms with Gasteiger partial charge in [0.2, 0.25) is 5.91 Å². The van der Waals surface area contributed by atoms with Crippen LogP contribution in [-0.2, 0) is 4.79 Å². The average molecular weight is 465 g/mol. The van der Waals surface area contributed by atoms with Crippen molar-refractivity contribution in [3.63, 3.8) is 0 Å². The lowest BCUT2D eigenvalue weighted by Crippen LogP contribution is -2.29. The van der Waals surface area contributed by atoms with Crippen molar-refractivity contribution in [3.8, 4) is 11.3 Å². The van der Waals surface area contributed by atoms with Crippen LogP contribution < -0.4 is 10.3 Å². The van der Waals surface area contributed by atoms with Crippen molar-refractivity contribution >= 4 is 39.7 Å². The molecule has 4 aromatic rings. The molecule has 164 valence electrons. The van der Waals surface area contributed by atoms with Gasteiger partial charge >= 0.3 is 0 Å². The van der Waals surface area contributed by atoms with Crippen LogP contribution in [0.25, 0.3) is 11.3 Å². The highest BCUT2D eigenvalue weighted by Gasteiger charge is 2.17. The van der Waals surface area contributed by atoms with E-state index in [1.807, 2.05) is 60.3 Å². The first kappa shape index (κ1) is 22.1. The summed E-state index contributed by atoms with van der Waals surface area (Å²) in [6.45, 7) is 6.52. The molecule has 0 fully saturated rings. The van der Waals surface area contributed by atoms with Crippen LogP contribution in [0.3, 0.4) is 0 Å². The number of carbonyl (C=O) groups excluding carboxylic acids is 1. The molecule has 32 heavy (non-hydrogen) atoms. The number of thiazole rings is 1. The topological polar surface area (TPSA) is 50.2 Å². The van der Waals surface area contributed by atoms with Crippen molar-refractivity contribution in [1.29, 1.82) is 0 Å². The fourth-order valence-corrected chi connectivity index (χ4v) is 4.45. The SMILES string of the molecule is Cc1ccc(N(CCC(=O)Nn2c(C)ccc2C)c2nc(-c3ccc(Cl)cc3)cs2)cc1. The molecule has 0 atom stereocenters. The summed E-state index contributed by atoms with van der Waals surface area (Å²) in [6, 6.07) is 19.9. The Morgan fingerprint density at radius 3 is 2.31 bits per heavy atom. The molecule has 2 aromatic carbocycles. The number of anilines is 2. The van der Waals surface area contributed by atoms with Crippen LogP contribution in [0.15, 0.2) is 66.0 Å². The van der Waals surface area contributed by atoms with Gasteiger partial charge in [-0.2, -0.15) is 0 Å². The largest absolute Gasteiger partial charge is 0.317 e. The second kappa shape index (κ2) is 9.59. The molecule has 7 heteroatoms. The van der Waals surface area contributed by atoms with Gasteiger partial charge in [-0.15, -0.1) is 11.3 Å². The molecular weight excluding hydrogens is 440 g/mol. The van der Waals surface area contributed by atoms with Crippen LogP contribution in [0.1, 0.15) is 23.4 Å². The zero-order valence-corrected chi connectivity index (χ0v) is 19.9. The Balaban J connectivity index is 1.55. The van der Waals surface area contributed by atoms with E-state index in [1.54, 1.807) is 11.3 Å². The Morgan fingerprint density at radius 2 is 1.66 bits per heavy atom. The molecular formula is C25H25ClN4OS. The second-order valence-corrected chi connectivity index (χ2v) is 9.02. The molecule has 0 saturated carbocycles. The fourth-order valence-electron chi connectivity index (χ4n) is 3.44. The van der Waals surface area contributed by atoms with Gasteiger partial charge < -0.3 is 4.90 Å². The minimum absolute atomic E-state index is 0.0426. The summed E-state index contributed by atoms with van der Waals surface area (Å²) in [7, 11) is 0. The van der Waals surface area contributed by atoms with Crippen LogP contribution in [0.5, 0.6) is 0 Å². The molecule has 0 aliphatic heterocycles. The van der Waals surface area contributed by atoms with E-state index in [9.17, 15) is 4.79 Å². The quantitative estimate of drug-likeness (QED) is 0.340. The summed E-state index contributed by atoms with van der Waals surface area (Å²) in [4.78, 5) is 19.7. The first-order valence-electron chi connectivity index (χ1n) is 10.4. The van der Waals surface area contributed by atoms with Gasteiger partial charge in [-0.25, -0.2) is 4.98 Å². The number of halogens is 1. The molecule has 0 aliphatic carbocycles. The van der Waals surface area contributed by atoms with E-state index in [0.29, 0.717) is 18.0 Å². The number of carbonyl (C=O) groups is 1. The Kier molecular flexibility index (Phi) is 6.63. The number of amides is 1. The molecule has 2 aromatic heterocycles. The predicted octanol–water partition coefficient (Wildman–Crippen LogP) is 6.49. The molecule has 2 heterocycles. The first-order chi connectivity index (χ1) is 15.4. The lowest BCUT2D eigenvalue weighted by atomic mass is 10.2. The maximum Gasteiger partial charge on any atom is 0.240 e. The van der Waals surface area contributed by atoms with Gasteiger partial charge in [0.15, 0.2) is 5.13 Å². The van der Waals surface area contributed by atoms with Crippen LogP contribution in [-0.4, -0.2) is 22.1 Å². The van der Waals surface area contributed by atoms with Crippen molar-refractivity contribution in [2.75, 3.05) is 16.9 Å². The standard InChI is InChI=1S/C25H25ClN4OS/c1-17-4-12-22(13-5-17)29(15-14-24(31)28-30-18(2)6-7-19(30)3)25-27-23(16-32-25)20-8-10-21(26)11-9-20/h4-13,16H,14-15H2,1-3H3,(H,28,31). The average Bonchev–Trinajstić information content (AvgIpc) is 3.38.